The number of Topliss-reactive ketones (excluding diaryl/α,β-unsaturated/α-hetero) is 1. The Morgan fingerprint density at radius 1 is 1.04 bits per heavy atom. The van der Waals surface area contributed by atoms with Crippen LogP contribution in [0.4, 0.5) is 0 Å². The van der Waals surface area contributed by atoms with Crippen molar-refractivity contribution in [3.8, 4) is 0 Å². The average Bonchev–Trinajstić information content (AvgIpc) is 3.31. The topological polar surface area (TPSA) is 76.2 Å². The fourth-order valence-electron chi connectivity index (χ4n) is 5.33. The van der Waals surface area contributed by atoms with Gasteiger partial charge in [-0.2, -0.15) is 0 Å². The summed E-state index contributed by atoms with van der Waals surface area (Å²) in [5.74, 6) is 0.215. The van der Waals surface area contributed by atoms with Gasteiger partial charge in [0.1, 0.15) is 12.6 Å². The number of hydrogen-bond acceptors (Lipinski definition) is 5. The molecule has 0 aromatic carbocycles. The maximum Gasteiger partial charge on any atom is 0.226 e. The Balaban J connectivity index is 1.45. The zero-order chi connectivity index (χ0) is 19.5. The molecule has 1 aliphatic carbocycles. The van der Waals surface area contributed by atoms with Gasteiger partial charge in [-0.1, -0.05) is 32.1 Å². The maximum absolute atomic E-state index is 13.4. The van der Waals surface area contributed by atoms with Gasteiger partial charge in [0, 0.05) is 32.0 Å². The summed E-state index contributed by atoms with van der Waals surface area (Å²) >= 11 is 0. The predicted molar refractivity (Wildman–Crippen MR) is 102 cm³/mol. The maximum atomic E-state index is 13.4. The first-order valence-electron chi connectivity index (χ1n) is 10.9. The first-order chi connectivity index (χ1) is 13.6. The van der Waals surface area contributed by atoms with Crippen molar-refractivity contribution < 1.29 is 23.9 Å². The first kappa shape index (κ1) is 19.8. The van der Waals surface area contributed by atoms with Gasteiger partial charge in [0.15, 0.2) is 5.78 Å². The van der Waals surface area contributed by atoms with Crippen molar-refractivity contribution in [1.82, 2.24) is 9.80 Å². The largest absolute Gasteiger partial charge is 0.378 e. The molecule has 28 heavy (non-hydrogen) atoms. The molecule has 3 heterocycles. The number of ether oxygens (including phenoxy) is 2. The molecule has 4 rings (SSSR count). The molecule has 0 aromatic rings. The molecule has 7 nitrogen and oxygen atoms in total. The molecule has 0 aromatic heterocycles. The van der Waals surface area contributed by atoms with Gasteiger partial charge in [0.25, 0.3) is 0 Å². The number of hydrogen-bond donors (Lipinski definition) is 0. The number of nitrogens with zero attached hydrogens (tertiary/aromatic N) is 2. The molecule has 1 unspecified atom stereocenters. The van der Waals surface area contributed by atoms with Crippen molar-refractivity contribution in [1.29, 1.82) is 0 Å². The number of likely N-dealkylation sites (tertiary alicyclic amines) is 1. The van der Waals surface area contributed by atoms with Crippen LogP contribution in [0, 0.1) is 11.8 Å². The number of rotatable bonds is 5. The third kappa shape index (κ3) is 4.25. The molecule has 3 atom stereocenters. The van der Waals surface area contributed by atoms with E-state index in [2.05, 4.69) is 0 Å². The van der Waals surface area contributed by atoms with E-state index < -0.39 is 6.04 Å². The van der Waals surface area contributed by atoms with E-state index >= 15 is 0 Å². The molecular formula is C21H32N2O5. The number of amides is 2. The predicted octanol–water partition coefficient (Wildman–Crippen LogP) is 1.39. The highest BCUT2D eigenvalue weighted by Crippen LogP contribution is 2.34. The molecular weight excluding hydrogens is 360 g/mol. The molecule has 156 valence electrons. The second-order valence-corrected chi connectivity index (χ2v) is 8.71. The van der Waals surface area contributed by atoms with Crippen molar-refractivity contribution >= 4 is 17.6 Å². The number of fused-ring (bicyclic) bond motifs is 1. The fraction of sp³-hybridized carbons (Fsp3) is 0.857. The minimum atomic E-state index is -0.431. The zero-order valence-corrected chi connectivity index (χ0v) is 16.6. The molecule has 7 heteroatoms. The van der Waals surface area contributed by atoms with E-state index in [0.29, 0.717) is 38.8 Å². The van der Waals surface area contributed by atoms with Crippen LogP contribution in [0.25, 0.3) is 0 Å². The van der Waals surface area contributed by atoms with E-state index in [0.717, 1.165) is 25.7 Å². The summed E-state index contributed by atoms with van der Waals surface area (Å²) in [4.78, 5) is 42.1. The van der Waals surface area contributed by atoms with Crippen molar-refractivity contribution in [2.24, 2.45) is 11.8 Å². The Bertz CT molecular complexity index is 598. The lowest BCUT2D eigenvalue weighted by atomic mass is 9.81. The molecule has 0 spiro atoms. The lowest BCUT2D eigenvalue weighted by Gasteiger charge is -2.32. The minimum Gasteiger partial charge on any atom is -0.378 e. The summed E-state index contributed by atoms with van der Waals surface area (Å²) in [7, 11) is 0. The first-order valence-corrected chi connectivity index (χ1v) is 10.9. The summed E-state index contributed by atoms with van der Waals surface area (Å²) in [5.41, 5.74) is 0. The Morgan fingerprint density at radius 2 is 1.79 bits per heavy atom. The second kappa shape index (κ2) is 8.91. The van der Waals surface area contributed by atoms with Gasteiger partial charge < -0.3 is 19.3 Å². The van der Waals surface area contributed by atoms with Crippen molar-refractivity contribution in [3.63, 3.8) is 0 Å². The Morgan fingerprint density at radius 3 is 2.54 bits per heavy atom. The third-order valence-corrected chi connectivity index (χ3v) is 6.87. The summed E-state index contributed by atoms with van der Waals surface area (Å²) in [6, 6.07) is -0.431. The normalized spacial score (nSPS) is 29.8. The quantitative estimate of drug-likeness (QED) is 0.707. The van der Waals surface area contributed by atoms with Crippen LogP contribution in [0.2, 0.25) is 0 Å². The summed E-state index contributed by atoms with van der Waals surface area (Å²) < 4.78 is 10.9. The van der Waals surface area contributed by atoms with Crippen LogP contribution in [-0.4, -0.2) is 79.0 Å². The van der Waals surface area contributed by atoms with Crippen molar-refractivity contribution in [2.75, 3.05) is 39.5 Å². The van der Waals surface area contributed by atoms with E-state index in [1.807, 2.05) is 4.90 Å². The van der Waals surface area contributed by atoms with E-state index in [4.69, 9.17) is 9.47 Å². The van der Waals surface area contributed by atoms with Gasteiger partial charge in [0.2, 0.25) is 11.8 Å². The fourth-order valence-corrected chi connectivity index (χ4v) is 5.33. The minimum absolute atomic E-state index is 0.00627. The van der Waals surface area contributed by atoms with Gasteiger partial charge in [-0.25, -0.2) is 0 Å². The molecule has 2 amide bonds. The van der Waals surface area contributed by atoms with E-state index in [-0.39, 0.29) is 42.6 Å². The zero-order valence-electron chi connectivity index (χ0n) is 16.6. The van der Waals surface area contributed by atoms with Crippen LogP contribution in [0.15, 0.2) is 0 Å². The van der Waals surface area contributed by atoms with Crippen LogP contribution in [0.1, 0.15) is 51.4 Å². The number of ketones is 1. The summed E-state index contributed by atoms with van der Waals surface area (Å²) in [5, 5.41) is 0. The van der Waals surface area contributed by atoms with Crippen molar-refractivity contribution in [3.05, 3.63) is 0 Å². The lowest BCUT2D eigenvalue weighted by molar-refractivity contribution is -0.145. The third-order valence-electron chi connectivity index (χ3n) is 6.87. The van der Waals surface area contributed by atoms with Crippen LogP contribution in [0.5, 0.6) is 0 Å². The molecule has 0 radical (unpaired) electrons. The van der Waals surface area contributed by atoms with Gasteiger partial charge in [-0.3, -0.25) is 14.4 Å². The Kier molecular flexibility index (Phi) is 6.31. The van der Waals surface area contributed by atoms with Gasteiger partial charge in [-0.05, 0) is 18.8 Å². The van der Waals surface area contributed by atoms with Crippen LogP contribution in [-0.2, 0) is 23.9 Å². The highest BCUT2D eigenvalue weighted by Gasteiger charge is 2.48. The molecule has 3 saturated heterocycles. The molecule has 3 aliphatic heterocycles. The highest BCUT2D eigenvalue weighted by atomic mass is 16.5. The lowest BCUT2D eigenvalue weighted by Crippen LogP contribution is -2.47. The number of morpholine rings is 1. The Labute approximate surface area is 166 Å². The van der Waals surface area contributed by atoms with Gasteiger partial charge >= 0.3 is 0 Å². The van der Waals surface area contributed by atoms with Crippen LogP contribution in [0.3, 0.4) is 0 Å². The molecule has 0 N–H and O–H groups in total. The van der Waals surface area contributed by atoms with Crippen molar-refractivity contribution in [2.45, 2.75) is 63.5 Å². The molecule has 0 bridgehead atoms. The van der Waals surface area contributed by atoms with Gasteiger partial charge in [-0.15, -0.1) is 0 Å². The average molecular weight is 392 g/mol. The highest BCUT2D eigenvalue weighted by molar-refractivity contribution is 5.94. The molecule has 1 saturated carbocycles. The smallest absolute Gasteiger partial charge is 0.226 e. The summed E-state index contributed by atoms with van der Waals surface area (Å²) in [6.45, 7) is 3.00. The van der Waals surface area contributed by atoms with E-state index in [1.165, 1.54) is 19.3 Å². The second-order valence-electron chi connectivity index (χ2n) is 8.71. The van der Waals surface area contributed by atoms with Gasteiger partial charge in [0.05, 0.1) is 19.3 Å². The SMILES string of the molecule is O=C1CO[C@@H]2CCN(C(=O)[C@@H](CC(=O)N3CCOCC3)CC3CCCCC3)C12. The number of carbonyl (C=O) groups excluding carboxylic acids is 3. The van der Waals surface area contributed by atoms with E-state index in [9.17, 15) is 14.4 Å². The monoisotopic (exact) mass is 392 g/mol. The summed E-state index contributed by atoms with van der Waals surface area (Å²) in [6.07, 6.45) is 7.55. The standard InChI is InChI=1S/C21H32N2O5/c24-17-14-28-18-6-7-23(20(17)18)21(26)16(12-15-4-2-1-3-5-15)13-19(25)22-8-10-27-11-9-22/h15-16,18,20H,1-14H2/t16-,18-,20?/m1/s1. The number of carbonyl (C=O) groups is 3. The van der Waals surface area contributed by atoms with Crippen LogP contribution >= 0.6 is 0 Å². The molecule has 4 fully saturated rings. The van der Waals surface area contributed by atoms with E-state index in [1.54, 1.807) is 4.90 Å². The molecule has 4 aliphatic rings. The van der Waals surface area contributed by atoms with Crippen LogP contribution < -0.4 is 0 Å². The Hall–Kier alpha value is -1.47.